The molecule has 1 heterocycles. The maximum absolute atomic E-state index is 12.9. The van der Waals surface area contributed by atoms with E-state index in [4.69, 9.17) is 0 Å². The fourth-order valence-electron chi connectivity index (χ4n) is 4.64. The van der Waals surface area contributed by atoms with Crippen LogP contribution in [0.1, 0.15) is 43.7 Å². The van der Waals surface area contributed by atoms with Gasteiger partial charge in [-0.2, -0.15) is 0 Å². The third kappa shape index (κ3) is 5.02. The number of carbonyl (C=O) groups excluding carboxylic acids is 3. The van der Waals surface area contributed by atoms with Crippen LogP contribution in [-0.4, -0.2) is 43.2 Å². The van der Waals surface area contributed by atoms with Gasteiger partial charge in [0.15, 0.2) is 0 Å². The van der Waals surface area contributed by atoms with E-state index in [1.54, 1.807) is 0 Å². The summed E-state index contributed by atoms with van der Waals surface area (Å²) in [5, 5.41) is 5.42. The van der Waals surface area contributed by atoms with Crippen LogP contribution in [0.4, 0.5) is 16.2 Å². The molecule has 4 amide bonds. The summed E-state index contributed by atoms with van der Waals surface area (Å²) in [6, 6.07) is 10.7. The molecule has 0 unspecified atom stereocenters. The smallest absolute Gasteiger partial charge is 0.325 e. The van der Waals surface area contributed by atoms with Gasteiger partial charge in [-0.1, -0.05) is 25.1 Å². The molecule has 2 aromatic carbocycles. The van der Waals surface area contributed by atoms with Crippen molar-refractivity contribution in [2.75, 3.05) is 16.6 Å². The minimum Gasteiger partial charge on any atom is -0.325 e. The van der Waals surface area contributed by atoms with E-state index in [0.29, 0.717) is 30.1 Å². The first-order valence-electron chi connectivity index (χ1n) is 11.6. The standard InChI is InChI=1S/C25H30N4O5S/c1-16-11-13-25(14-12-16)23(31)29(24(32)27-25)15-21(30)26-19-7-9-20(10-8-19)35(33,34)28-22-17(2)5-4-6-18(22)3/h4-10,16,28H,11-15H2,1-3H3,(H,26,30)(H,27,32). The molecule has 9 nitrogen and oxygen atoms in total. The predicted octanol–water partition coefficient (Wildman–Crippen LogP) is 3.54. The first kappa shape index (κ1) is 24.7. The van der Waals surface area contributed by atoms with E-state index < -0.39 is 34.0 Å². The van der Waals surface area contributed by atoms with E-state index in [-0.39, 0.29) is 10.8 Å². The number of imide groups is 1. The molecule has 3 N–H and O–H groups in total. The number of para-hydroxylation sites is 1. The van der Waals surface area contributed by atoms with Gasteiger partial charge in [-0.25, -0.2) is 13.2 Å². The summed E-state index contributed by atoms with van der Waals surface area (Å²) < 4.78 is 28.3. The number of rotatable bonds is 6. The van der Waals surface area contributed by atoms with Gasteiger partial charge in [0.05, 0.1) is 10.6 Å². The molecule has 0 aromatic heterocycles. The Balaban J connectivity index is 1.39. The Bertz CT molecular complexity index is 1250. The lowest BCUT2D eigenvalue weighted by atomic mass is 9.77. The molecule has 2 fully saturated rings. The number of benzene rings is 2. The minimum absolute atomic E-state index is 0.0423. The molecule has 35 heavy (non-hydrogen) atoms. The fraction of sp³-hybridized carbons (Fsp3) is 0.400. The van der Waals surface area contributed by atoms with Gasteiger partial charge in [-0.3, -0.25) is 19.2 Å². The van der Waals surface area contributed by atoms with E-state index in [2.05, 4.69) is 22.3 Å². The lowest BCUT2D eigenvalue weighted by Gasteiger charge is -2.33. The number of carbonyl (C=O) groups is 3. The lowest BCUT2D eigenvalue weighted by Crippen LogP contribution is -2.49. The molecule has 10 heteroatoms. The highest BCUT2D eigenvalue weighted by Crippen LogP contribution is 2.36. The first-order valence-corrected chi connectivity index (χ1v) is 13.1. The summed E-state index contributed by atoms with van der Waals surface area (Å²) in [6.07, 6.45) is 2.84. The van der Waals surface area contributed by atoms with Crippen molar-refractivity contribution in [3.8, 4) is 0 Å². The molecule has 4 rings (SSSR count). The molecule has 2 aromatic rings. The minimum atomic E-state index is -3.83. The molecular formula is C25H30N4O5S. The van der Waals surface area contributed by atoms with Crippen LogP contribution in [0.5, 0.6) is 0 Å². The van der Waals surface area contributed by atoms with Crippen molar-refractivity contribution in [3.05, 3.63) is 53.6 Å². The third-order valence-corrected chi connectivity index (χ3v) is 8.21. The Morgan fingerprint density at radius 2 is 1.66 bits per heavy atom. The van der Waals surface area contributed by atoms with Crippen LogP contribution in [0.3, 0.4) is 0 Å². The van der Waals surface area contributed by atoms with Crippen molar-refractivity contribution in [2.45, 2.75) is 56.9 Å². The molecule has 0 atom stereocenters. The predicted molar refractivity (Wildman–Crippen MR) is 132 cm³/mol. The monoisotopic (exact) mass is 498 g/mol. The topological polar surface area (TPSA) is 125 Å². The Morgan fingerprint density at radius 1 is 1.06 bits per heavy atom. The van der Waals surface area contributed by atoms with Gasteiger partial charge in [0.2, 0.25) is 5.91 Å². The SMILES string of the molecule is Cc1cccc(C)c1NS(=O)(=O)c1ccc(NC(=O)CN2C(=O)NC3(CCC(C)CC3)C2=O)cc1. The van der Waals surface area contributed by atoms with Crippen LogP contribution in [0.2, 0.25) is 0 Å². The van der Waals surface area contributed by atoms with Gasteiger partial charge < -0.3 is 10.6 Å². The quantitative estimate of drug-likeness (QED) is 0.526. The van der Waals surface area contributed by atoms with Gasteiger partial charge in [-0.05, 0) is 80.8 Å². The van der Waals surface area contributed by atoms with Crippen LogP contribution < -0.4 is 15.4 Å². The summed E-state index contributed by atoms with van der Waals surface area (Å²) in [5.74, 6) is -0.395. The van der Waals surface area contributed by atoms with Crippen LogP contribution in [-0.2, 0) is 19.6 Å². The summed E-state index contributed by atoms with van der Waals surface area (Å²) in [6.45, 7) is 5.36. The zero-order valence-corrected chi connectivity index (χ0v) is 20.9. The van der Waals surface area contributed by atoms with Crippen LogP contribution in [0.15, 0.2) is 47.4 Å². The van der Waals surface area contributed by atoms with Crippen LogP contribution in [0, 0.1) is 19.8 Å². The van der Waals surface area contributed by atoms with E-state index in [0.717, 1.165) is 28.9 Å². The number of hydrogen-bond donors (Lipinski definition) is 3. The zero-order valence-electron chi connectivity index (χ0n) is 20.1. The molecule has 186 valence electrons. The molecule has 1 spiro atoms. The number of hydrogen-bond acceptors (Lipinski definition) is 5. The summed E-state index contributed by atoms with van der Waals surface area (Å²) >= 11 is 0. The number of sulfonamides is 1. The van der Waals surface area contributed by atoms with Gasteiger partial charge in [0.1, 0.15) is 12.1 Å². The van der Waals surface area contributed by atoms with E-state index in [9.17, 15) is 22.8 Å². The number of nitrogens with one attached hydrogen (secondary N) is 3. The van der Waals surface area contributed by atoms with Crippen molar-refractivity contribution in [1.29, 1.82) is 0 Å². The fourth-order valence-corrected chi connectivity index (χ4v) is 5.85. The van der Waals surface area contributed by atoms with Crippen molar-refractivity contribution in [1.82, 2.24) is 10.2 Å². The number of amides is 4. The molecule has 1 saturated carbocycles. The molecule has 0 radical (unpaired) electrons. The number of nitrogens with zero attached hydrogens (tertiary/aromatic N) is 1. The molecule has 1 saturated heterocycles. The first-order chi connectivity index (χ1) is 16.5. The van der Waals surface area contributed by atoms with Gasteiger partial charge in [0, 0.05) is 5.69 Å². The summed E-state index contributed by atoms with van der Waals surface area (Å²) in [5.41, 5.74) is 1.60. The second-order valence-corrected chi connectivity index (χ2v) is 11.2. The largest absolute Gasteiger partial charge is 0.325 e. The number of anilines is 2. The van der Waals surface area contributed by atoms with E-state index in [1.165, 1.54) is 24.3 Å². The summed E-state index contributed by atoms with van der Waals surface area (Å²) in [7, 11) is -3.83. The molecule has 1 aliphatic carbocycles. The van der Waals surface area contributed by atoms with Gasteiger partial charge in [0.25, 0.3) is 15.9 Å². The van der Waals surface area contributed by atoms with Crippen molar-refractivity contribution >= 4 is 39.2 Å². The van der Waals surface area contributed by atoms with Crippen molar-refractivity contribution < 1.29 is 22.8 Å². The maximum Gasteiger partial charge on any atom is 0.325 e. The highest BCUT2D eigenvalue weighted by atomic mass is 32.2. The average molecular weight is 499 g/mol. The van der Waals surface area contributed by atoms with Gasteiger partial charge in [-0.15, -0.1) is 0 Å². The molecule has 1 aliphatic heterocycles. The zero-order chi connectivity index (χ0) is 25.4. The number of aryl methyl sites for hydroxylation is 2. The van der Waals surface area contributed by atoms with Crippen LogP contribution in [0.25, 0.3) is 0 Å². The van der Waals surface area contributed by atoms with Crippen molar-refractivity contribution in [3.63, 3.8) is 0 Å². The Kier molecular flexibility index (Phi) is 6.59. The second kappa shape index (κ2) is 9.33. The lowest BCUT2D eigenvalue weighted by molar-refractivity contribution is -0.135. The molecule has 2 aliphatic rings. The van der Waals surface area contributed by atoms with Crippen molar-refractivity contribution in [2.24, 2.45) is 5.92 Å². The Labute approximate surface area is 205 Å². The normalized spacial score (nSPS) is 22.3. The Morgan fingerprint density at radius 3 is 2.26 bits per heavy atom. The van der Waals surface area contributed by atoms with E-state index in [1.807, 2.05) is 32.0 Å². The molecule has 0 bridgehead atoms. The van der Waals surface area contributed by atoms with E-state index >= 15 is 0 Å². The third-order valence-electron chi connectivity index (χ3n) is 6.84. The average Bonchev–Trinajstić information content (AvgIpc) is 3.03. The van der Waals surface area contributed by atoms with Crippen LogP contribution >= 0.6 is 0 Å². The highest BCUT2D eigenvalue weighted by Gasteiger charge is 2.52. The number of urea groups is 1. The maximum atomic E-state index is 12.9. The van der Waals surface area contributed by atoms with Gasteiger partial charge >= 0.3 is 6.03 Å². The summed E-state index contributed by atoms with van der Waals surface area (Å²) in [4.78, 5) is 38.9. The second-order valence-electron chi connectivity index (χ2n) is 9.53. The Hall–Kier alpha value is -3.40. The highest BCUT2D eigenvalue weighted by molar-refractivity contribution is 7.92. The molecular weight excluding hydrogens is 468 g/mol.